The van der Waals surface area contributed by atoms with Gasteiger partial charge >= 0.3 is 0 Å². The van der Waals surface area contributed by atoms with Crippen LogP contribution in [0.4, 0.5) is 0 Å². The van der Waals surface area contributed by atoms with Crippen molar-refractivity contribution in [1.29, 1.82) is 0 Å². The smallest absolute Gasteiger partial charge is 0.103 e. The second kappa shape index (κ2) is 7.07. The number of rotatable bonds is 7. The highest BCUT2D eigenvalue weighted by Crippen LogP contribution is 2.09. The van der Waals surface area contributed by atoms with Crippen molar-refractivity contribution in [3.05, 3.63) is 53.7 Å². The molecule has 2 aromatic heterocycles. The molecule has 19 heavy (non-hydrogen) atoms. The molecule has 0 fully saturated rings. The maximum Gasteiger partial charge on any atom is 0.103 e. The van der Waals surface area contributed by atoms with Gasteiger partial charge in [0.05, 0.1) is 6.26 Å². The van der Waals surface area contributed by atoms with E-state index >= 15 is 0 Å². The van der Waals surface area contributed by atoms with Crippen LogP contribution in [-0.4, -0.2) is 11.0 Å². The number of aryl methyl sites for hydroxylation is 2. The molecule has 0 aromatic carbocycles. The van der Waals surface area contributed by atoms with E-state index in [9.17, 15) is 0 Å². The zero-order valence-corrected chi connectivity index (χ0v) is 11.3. The van der Waals surface area contributed by atoms with Crippen LogP contribution in [0.15, 0.2) is 41.1 Å². The molecule has 4 heteroatoms. The second-order valence-corrected chi connectivity index (χ2v) is 4.70. The van der Waals surface area contributed by atoms with Crippen molar-refractivity contribution in [1.82, 2.24) is 10.4 Å². The summed E-state index contributed by atoms with van der Waals surface area (Å²) in [6.07, 6.45) is 7.31. The lowest BCUT2D eigenvalue weighted by molar-refractivity contribution is 0.445. The summed E-state index contributed by atoms with van der Waals surface area (Å²) < 4.78 is 5.32. The first-order valence-corrected chi connectivity index (χ1v) is 6.74. The van der Waals surface area contributed by atoms with E-state index in [0.29, 0.717) is 0 Å². The first-order chi connectivity index (χ1) is 9.31. The highest BCUT2D eigenvalue weighted by atomic mass is 16.3. The van der Waals surface area contributed by atoms with Gasteiger partial charge in [-0.1, -0.05) is 13.0 Å². The Kier molecular flexibility index (Phi) is 5.12. The molecule has 0 saturated carbocycles. The van der Waals surface area contributed by atoms with Crippen LogP contribution in [0.25, 0.3) is 0 Å². The lowest BCUT2D eigenvalue weighted by Crippen LogP contribution is -2.37. The Labute approximate surface area is 114 Å². The van der Waals surface area contributed by atoms with Crippen LogP contribution < -0.4 is 11.3 Å². The van der Waals surface area contributed by atoms with Crippen LogP contribution in [0.5, 0.6) is 0 Å². The van der Waals surface area contributed by atoms with Gasteiger partial charge in [-0.05, 0) is 36.6 Å². The zero-order valence-electron chi connectivity index (χ0n) is 11.3. The Morgan fingerprint density at radius 1 is 1.37 bits per heavy atom. The molecule has 0 amide bonds. The van der Waals surface area contributed by atoms with Crippen LogP contribution in [0.3, 0.4) is 0 Å². The van der Waals surface area contributed by atoms with Gasteiger partial charge in [0.1, 0.15) is 5.76 Å². The third-order valence-corrected chi connectivity index (χ3v) is 3.30. The molecule has 0 radical (unpaired) electrons. The maximum absolute atomic E-state index is 5.61. The molecule has 0 saturated heterocycles. The Hall–Kier alpha value is -1.65. The normalized spacial score (nSPS) is 12.5. The van der Waals surface area contributed by atoms with Crippen molar-refractivity contribution in [3.8, 4) is 0 Å². The van der Waals surface area contributed by atoms with E-state index in [0.717, 1.165) is 37.1 Å². The van der Waals surface area contributed by atoms with Gasteiger partial charge in [0.2, 0.25) is 0 Å². The van der Waals surface area contributed by atoms with E-state index in [1.807, 2.05) is 18.3 Å². The van der Waals surface area contributed by atoms with E-state index in [1.54, 1.807) is 6.26 Å². The van der Waals surface area contributed by atoms with Crippen LogP contribution in [0.2, 0.25) is 0 Å². The number of pyridine rings is 1. The molecule has 2 aromatic rings. The minimum atomic E-state index is 0.213. The van der Waals surface area contributed by atoms with Crippen LogP contribution >= 0.6 is 0 Å². The lowest BCUT2D eigenvalue weighted by Gasteiger charge is -2.14. The van der Waals surface area contributed by atoms with Crippen molar-refractivity contribution in [2.24, 2.45) is 5.84 Å². The number of nitrogens with two attached hydrogens (primary N) is 1. The van der Waals surface area contributed by atoms with Crippen LogP contribution in [0.1, 0.15) is 30.4 Å². The largest absolute Gasteiger partial charge is 0.469 e. The lowest BCUT2D eigenvalue weighted by atomic mass is 10.0. The van der Waals surface area contributed by atoms with Crippen LogP contribution in [0, 0.1) is 0 Å². The third kappa shape index (κ3) is 4.19. The Bertz CT molecular complexity index is 465. The van der Waals surface area contributed by atoms with E-state index in [2.05, 4.69) is 29.5 Å². The minimum Gasteiger partial charge on any atom is -0.469 e. The zero-order chi connectivity index (χ0) is 13.5. The maximum atomic E-state index is 5.61. The first kappa shape index (κ1) is 13.8. The van der Waals surface area contributed by atoms with Gasteiger partial charge in [-0.2, -0.15) is 0 Å². The highest BCUT2D eigenvalue weighted by Gasteiger charge is 2.10. The predicted octanol–water partition coefficient (Wildman–Crippen LogP) is 2.24. The van der Waals surface area contributed by atoms with Crippen molar-refractivity contribution >= 4 is 0 Å². The summed E-state index contributed by atoms with van der Waals surface area (Å²) in [4.78, 5) is 4.46. The van der Waals surface area contributed by atoms with Crippen molar-refractivity contribution in [2.45, 2.75) is 38.6 Å². The fourth-order valence-corrected chi connectivity index (χ4v) is 2.05. The van der Waals surface area contributed by atoms with Gasteiger partial charge in [-0.3, -0.25) is 16.3 Å². The topological polar surface area (TPSA) is 64.1 Å². The summed E-state index contributed by atoms with van der Waals surface area (Å²) in [5.41, 5.74) is 5.19. The van der Waals surface area contributed by atoms with Gasteiger partial charge in [-0.25, -0.2) is 0 Å². The number of furan rings is 1. The summed E-state index contributed by atoms with van der Waals surface area (Å²) in [7, 11) is 0. The molecule has 0 bridgehead atoms. The monoisotopic (exact) mass is 259 g/mol. The van der Waals surface area contributed by atoms with Gasteiger partial charge in [-0.15, -0.1) is 0 Å². The minimum absolute atomic E-state index is 0.213. The Balaban J connectivity index is 1.87. The number of nitrogens with zero attached hydrogens (tertiary/aromatic N) is 1. The average Bonchev–Trinajstić information content (AvgIpc) is 2.97. The first-order valence-electron chi connectivity index (χ1n) is 6.74. The molecule has 1 atom stereocenters. The van der Waals surface area contributed by atoms with E-state index < -0.39 is 0 Å². The summed E-state index contributed by atoms with van der Waals surface area (Å²) in [5.74, 6) is 6.60. The molecular formula is C15H21N3O. The van der Waals surface area contributed by atoms with Gasteiger partial charge in [0.25, 0.3) is 0 Å². The van der Waals surface area contributed by atoms with E-state index in [1.165, 1.54) is 5.56 Å². The second-order valence-electron chi connectivity index (χ2n) is 4.70. The molecule has 2 rings (SSSR count). The van der Waals surface area contributed by atoms with Gasteiger partial charge < -0.3 is 4.42 Å². The molecule has 2 heterocycles. The Morgan fingerprint density at radius 3 is 2.84 bits per heavy atom. The molecular weight excluding hydrogens is 238 g/mol. The van der Waals surface area contributed by atoms with Gasteiger partial charge in [0.15, 0.2) is 0 Å². The Morgan fingerprint density at radius 2 is 2.26 bits per heavy atom. The fourth-order valence-electron chi connectivity index (χ4n) is 2.05. The molecule has 0 aliphatic carbocycles. The third-order valence-electron chi connectivity index (χ3n) is 3.30. The predicted molar refractivity (Wildman–Crippen MR) is 75.5 cm³/mol. The van der Waals surface area contributed by atoms with Crippen molar-refractivity contribution in [2.75, 3.05) is 0 Å². The number of hydrogen-bond acceptors (Lipinski definition) is 4. The summed E-state index contributed by atoms with van der Waals surface area (Å²) in [6.45, 7) is 2.13. The molecule has 0 aliphatic rings. The summed E-state index contributed by atoms with van der Waals surface area (Å²) in [6, 6.07) is 8.32. The SMILES string of the molecule is CCc1ccc(CC(CCc2ccco2)NN)nc1. The highest BCUT2D eigenvalue weighted by molar-refractivity contribution is 5.14. The molecule has 4 nitrogen and oxygen atoms in total. The van der Waals surface area contributed by atoms with Crippen molar-refractivity contribution in [3.63, 3.8) is 0 Å². The number of aromatic nitrogens is 1. The standard InChI is InChI=1S/C15H21N3O/c1-2-12-5-6-13(17-11-12)10-14(18-16)7-8-15-4-3-9-19-15/h3-6,9,11,14,18H,2,7-8,10,16H2,1H3. The number of hydrazine groups is 1. The molecule has 1 unspecified atom stereocenters. The molecule has 102 valence electrons. The van der Waals surface area contributed by atoms with E-state index in [4.69, 9.17) is 10.3 Å². The number of hydrogen-bond donors (Lipinski definition) is 2. The van der Waals surface area contributed by atoms with Crippen molar-refractivity contribution < 1.29 is 4.42 Å². The number of nitrogens with one attached hydrogen (secondary N) is 1. The summed E-state index contributed by atoms with van der Waals surface area (Å²) in [5, 5.41) is 0. The molecule has 3 N–H and O–H groups in total. The quantitative estimate of drug-likeness (QED) is 0.591. The molecule has 0 spiro atoms. The molecule has 0 aliphatic heterocycles. The van der Waals surface area contributed by atoms with E-state index in [-0.39, 0.29) is 6.04 Å². The summed E-state index contributed by atoms with van der Waals surface area (Å²) >= 11 is 0. The average molecular weight is 259 g/mol. The fraction of sp³-hybridized carbons (Fsp3) is 0.400. The van der Waals surface area contributed by atoms with Crippen LogP contribution in [-0.2, 0) is 19.3 Å². The van der Waals surface area contributed by atoms with Gasteiger partial charge in [0, 0.05) is 30.8 Å².